The van der Waals surface area contributed by atoms with E-state index in [2.05, 4.69) is 33.4 Å². The molecule has 0 amide bonds. The number of aliphatic carboxylic acids is 1. The minimum absolute atomic E-state index is 0. The zero-order valence-electron chi connectivity index (χ0n) is 26.9. The van der Waals surface area contributed by atoms with Gasteiger partial charge in [-0.05, 0) is 45.1 Å². The number of carboxylic acid groups (broad SMARTS) is 1. The summed E-state index contributed by atoms with van der Waals surface area (Å²) < 4.78 is 5.14. The second kappa shape index (κ2) is 12.4. The predicted molar refractivity (Wildman–Crippen MR) is 174 cm³/mol. The molecule has 9 nitrogen and oxygen atoms in total. The van der Waals surface area contributed by atoms with Gasteiger partial charge in [0.15, 0.2) is 5.78 Å². The molecule has 1 saturated heterocycles. The molecular formula is C35H38MgN4O5-2. The predicted octanol–water partition coefficient (Wildman–Crippen LogP) is 5.67. The SMILES string of the molecule is C=Cc1c2[n-]c(c1C)CC1[N-]/C(=C3\c4[n-]c(c(C)c4C(=O)[C@@H]3C(=O)OC)CC3[N-]/C(=C\2)C(C)=C3CC)[C@@H](CCC(=O)O)[C@@H]1C.[Mg+2]. The standard InChI is InChI=1S/C35H40N4O5.Mg/c1-8-19-15(3)22-12-24-17(5)21(10-11-28(40)41)32(38-24)30-31(35(43)44-7)34(42)29-18(6)25(39-33(29)30)14-27-20(9-2)16(4)23(37-27)13-26(19)36-22;/h8,13,17,21,24,27,31H,1,9-12,14H2,2-7H3,(H3,38,39,40,41,42);/q-2;+2/p-2/b23-13-;/t17-,21-,24?,27?,31+;/m0./s1. The second-order valence-electron chi connectivity index (χ2n) is 12.4. The van der Waals surface area contributed by atoms with Crippen LogP contribution in [0.5, 0.6) is 0 Å². The van der Waals surface area contributed by atoms with E-state index >= 15 is 0 Å². The summed E-state index contributed by atoms with van der Waals surface area (Å²) in [6.07, 6.45) is 6.02. The summed E-state index contributed by atoms with van der Waals surface area (Å²) >= 11 is 0. The van der Waals surface area contributed by atoms with Crippen LogP contribution in [-0.4, -0.2) is 65.1 Å². The van der Waals surface area contributed by atoms with Crippen LogP contribution in [0.3, 0.4) is 0 Å². The molecule has 45 heavy (non-hydrogen) atoms. The number of rotatable bonds is 6. The van der Waals surface area contributed by atoms with Crippen LogP contribution in [-0.2, 0) is 27.2 Å². The van der Waals surface area contributed by atoms with Crippen molar-refractivity contribution in [2.75, 3.05) is 7.11 Å². The van der Waals surface area contributed by atoms with Gasteiger partial charge in [0, 0.05) is 12.0 Å². The summed E-state index contributed by atoms with van der Waals surface area (Å²) in [5.74, 6) is -3.43. The number of Topliss-reactive ketones (excluding diaryl/α,β-unsaturated/α-hetero) is 1. The first-order chi connectivity index (χ1) is 21.0. The minimum Gasteiger partial charge on any atom is -0.684 e. The summed E-state index contributed by atoms with van der Waals surface area (Å²) in [5.41, 5.74) is 10.4. The van der Waals surface area contributed by atoms with E-state index in [1.807, 2.05) is 19.9 Å². The first-order valence-corrected chi connectivity index (χ1v) is 15.4. The molecule has 2 aromatic rings. The Morgan fingerprint density at radius 1 is 1.11 bits per heavy atom. The van der Waals surface area contributed by atoms with Gasteiger partial charge >= 0.3 is 35.0 Å². The molecule has 1 fully saturated rings. The minimum atomic E-state index is -1.18. The Morgan fingerprint density at radius 3 is 2.47 bits per heavy atom. The average Bonchev–Trinajstić information content (AvgIpc) is 3.72. The van der Waals surface area contributed by atoms with Gasteiger partial charge < -0.3 is 30.4 Å². The summed E-state index contributed by atoms with van der Waals surface area (Å²) in [4.78, 5) is 49.1. The third-order valence-electron chi connectivity index (χ3n) is 10.2. The summed E-state index contributed by atoms with van der Waals surface area (Å²) in [6.45, 7) is 14.3. The third kappa shape index (κ3) is 5.19. The quantitative estimate of drug-likeness (QED) is 0.250. The van der Waals surface area contributed by atoms with Gasteiger partial charge in [-0.2, -0.15) is 17.1 Å². The van der Waals surface area contributed by atoms with E-state index in [1.54, 1.807) is 0 Å². The molecule has 2 aromatic heterocycles. The molecule has 5 atom stereocenters. The molecule has 10 heteroatoms. The van der Waals surface area contributed by atoms with Crippen LogP contribution < -0.4 is 9.97 Å². The van der Waals surface area contributed by atoms with Crippen molar-refractivity contribution < 1.29 is 24.2 Å². The Bertz CT molecular complexity index is 1710. The molecule has 6 rings (SSSR count). The number of carbonyl (C=O) groups excluding carboxylic acids is 2. The number of esters is 1. The van der Waals surface area contributed by atoms with Gasteiger partial charge in [-0.15, -0.1) is 23.1 Å². The van der Waals surface area contributed by atoms with E-state index < -0.39 is 17.9 Å². The average molecular weight is 619 g/mol. The fourth-order valence-corrected chi connectivity index (χ4v) is 7.69. The van der Waals surface area contributed by atoms with Gasteiger partial charge in [0.2, 0.25) is 0 Å². The van der Waals surface area contributed by atoms with Crippen LogP contribution in [0.2, 0.25) is 0 Å². The number of nitrogens with zero attached hydrogens (tertiary/aromatic N) is 4. The van der Waals surface area contributed by atoms with Crippen LogP contribution in [0.4, 0.5) is 0 Å². The Hall–Kier alpha value is -3.50. The fourth-order valence-electron chi connectivity index (χ4n) is 7.69. The Morgan fingerprint density at radius 2 is 1.82 bits per heavy atom. The van der Waals surface area contributed by atoms with E-state index in [9.17, 15) is 19.5 Å². The number of methoxy groups -OCH3 is 1. The summed E-state index contributed by atoms with van der Waals surface area (Å²) in [6, 6.07) is -0.375. The molecule has 1 aliphatic carbocycles. The molecule has 0 radical (unpaired) electrons. The number of hydrogen-bond donors (Lipinski definition) is 1. The number of aromatic nitrogens is 2. The fraction of sp³-hybridized carbons (Fsp3) is 0.457. The third-order valence-corrected chi connectivity index (χ3v) is 10.2. The monoisotopic (exact) mass is 618 g/mol. The maximum Gasteiger partial charge on any atom is 2.00 e. The van der Waals surface area contributed by atoms with Crippen molar-refractivity contribution in [3.05, 3.63) is 84.8 Å². The molecule has 232 valence electrons. The number of carbonyl (C=O) groups is 3. The number of allylic oxidation sites excluding steroid dienone is 2. The van der Waals surface area contributed by atoms with Crippen LogP contribution in [0.1, 0.15) is 89.9 Å². The molecule has 5 heterocycles. The smallest absolute Gasteiger partial charge is 0.684 e. The Balaban J connectivity index is 0.00000400. The van der Waals surface area contributed by atoms with Gasteiger partial charge in [-0.3, -0.25) is 14.4 Å². The second-order valence-corrected chi connectivity index (χ2v) is 12.4. The van der Waals surface area contributed by atoms with Gasteiger partial charge in [0.05, 0.1) is 7.11 Å². The summed E-state index contributed by atoms with van der Waals surface area (Å²) in [7, 11) is 1.27. The molecule has 1 N–H and O–H groups in total. The number of carboxylic acids is 1. The van der Waals surface area contributed by atoms with Gasteiger partial charge in [0.25, 0.3) is 0 Å². The van der Waals surface area contributed by atoms with Crippen molar-refractivity contribution in [1.82, 2.24) is 9.97 Å². The zero-order chi connectivity index (χ0) is 31.6. The summed E-state index contributed by atoms with van der Waals surface area (Å²) in [5, 5.41) is 19.9. The first-order valence-electron chi connectivity index (χ1n) is 15.4. The van der Waals surface area contributed by atoms with Crippen molar-refractivity contribution in [2.45, 2.75) is 78.8 Å². The van der Waals surface area contributed by atoms with Crippen molar-refractivity contribution >= 4 is 58.5 Å². The number of fused-ring (bicyclic) bond motifs is 7. The molecule has 8 bridgehead atoms. The maximum atomic E-state index is 14.0. The van der Waals surface area contributed by atoms with E-state index in [0.29, 0.717) is 41.8 Å². The topological polar surface area (TPSA) is 137 Å². The van der Waals surface area contributed by atoms with Crippen molar-refractivity contribution in [3.8, 4) is 0 Å². The van der Waals surface area contributed by atoms with Gasteiger partial charge in [0.1, 0.15) is 5.92 Å². The Kier molecular flexibility index (Phi) is 9.03. The van der Waals surface area contributed by atoms with Crippen molar-refractivity contribution in [2.24, 2.45) is 17.8 Å². The van der Waals surface area contributed by atoms with Crippen molar-refractivity contribution in [3.63, 3.8) is 0 Å². The molecule has 0 spiro atoms. The molecule has 4 aliphatic rings. The molecule has 3 aliphatic heterocycles. The molecular weight excluding hydrogens is 581 g/mol. The first kappa shape index (κ1) is 32.9. The largest absolute Gasteiger partial charge is 2.00 e. The van der Waals surface area contributed by atoms with E-state index in [-0.39, 0.29) is 59.2 Å². The molecule has 0 aromatic carbocycles. The van der Waals surface area contributed by atoms with Crippen LogP contribution in [0.25, 0.3) is 28.4 Å². The van der Waals surface area contributed by atoms with Crippen LogP contribution in [0, 0.1) is 31.6 Å². The van der Waals surface area contributed by atoms with Crippen LogP contribution in [0.15, 0.2) is 29.1 Å². The normalized spacial score (nSPS) is 27.8. The number of ketones is 1. The Labute approximate surface area is 280 Å². The maximum absolute atomic E-state index is 14.0. The van der Waals surface area contributed by atoms with Crippen LogP contribution >= 0.6 is 0 Å². The van der Waals surface area contributed by atoms with Crippen molar-refractivity contribution in [1.29, 1.82) is 0 Å². The zero-order valence-corrected chi connectivity index (χ0v) is 28.3. The van der Waals surface area contributed by atoms with E-state index in [1.165, 1.54) is 12.7 Å². The number of ether oxygens (including phenoxy) is 1. The molecule has 2 unspecified atom stereocenters. The van der Waals surface area contributed by atoms with E-state index in [4.69, 9.17) is 25.3 Å². The van der Waals surface area contributed by atoms with Gasteiger partial charge in [-0.25, -0.2) is 0 Å². The van der Waals surface area contributed by atoms with E-state index in [0.717, 1.165) is 51.5 Å². The molecule has 0 saturated carbocycles. The van der Waals surface area contributed by atoms with Gasteiger partial charge in [-0.1, -0.05) is 85.2 Å². The number of hydrogen-bond acceptors (Lipinski definition) is 4.